The summed E-state index contributed by atoms with van der Waals surface area (Å²) in [6, 6.07) is 2.29. The normalized spacial score (nSPS) is 34.3. The van der Waals surface area contributed by atoms with Crippen molar-refractivity contribution in [3.63, 3.8) is 0 Å². The van der Waals surface area contributed by atoms with Crippen LogP contribution < -0.4 is 10.6 Å². The van der Waals surface area contributed by atoms with Crippen molar-refractivity contribution in [1.29, 1.82) is 5.26 Å². The van der Waals surface area contributed by atoms with Crippen LogP contribution in [0.2, 0.25) is 0 Å². The highest BCUT2D eigenvalue weighted by Gasteiger charge is 2.40. The summed E-state index contributed by atoms with van der Waals surface area (Å²) < 4.78 is 0. The van der Waals surface area contributed by atoms with Gasteiger partial charge in [0.15, 0.2) is 0 Å². The minimum Gasteiger partial charge on any atom is -0.312 e. The van der Waals surface area contributed by atoms with Crippen LogP contribution in [0.3, 0.4) is 0 Å². The van der Waals surface area contributed by atoms with Crippen LogP contribution in [0.25, 0.3) is 0 Å². The Morgan fingerprint density at radius 2 is 2.27 bits per heavy atom. The maximum Gasteiger partial charge on any atom is 0.108 e. The molecule has 1 aliphatic heterocycles. The Bertz CT molecular complexity index is 190. The summed E-state index contributed by atoms with van der Waals surface area (Å²) in [5.74, 6) is 0. The van der Waals surface area contributed by atoms with E-state index in [0.717, 1.165) is 13.1 Å². The van der Waals surface area contributed by atoms with Crippen LogP contribution in [0, 0.1) is 11.3 Å². The van der Waals surface area contributed by atoms with E-state index in [1.165, 1.54) is 19.3 Å². The minimum atomic E-state index is 0.0315. The van der Waals surface area contributed by atoms with Gasteiger partial charge in [-0.3, -0.25) is 5.32 Å². The van der Waals surface area contributed by atoms with Crippen molar-refractivity contribution in [1.82, 2.24) is 10.6 Å². The van der Waals surface area contributed by atoms with E-state index in [0.29, 0.717) is 5.54 Å². The van der Waals surface area contributed by atoms with Crippen molar-refractivity contribution in [2.75, 3.05) is 13.1 Å². The standard InChI is InChI=1S/C8H13N3/c9-4-7-5-10-6-8(11-7)2-1-3-8/h7,10-11H,1-3,5-6H2. The molecular formula is C8H13N3. The molecule has 1 heterocycles. The predicted octanol–water partition coefficient (Wildman–Crippen LogP) is -0.00592. The van der Waals surface area contributed by atoms with E-state index in [9.17, 15) is 0 Å². The van der Waals surface area contributed by atoms with Crippen LogP contribution in [0.1, 0.15) is 19.3 Å². The summed E-state index contributed by atoms with van der Waals surface area (Å²) in [7, 11) is 0. The third kappa shape index (κ3) is 1.13. The SMILES string of the molecule is N#CC1CNCC2(CCC2)N1. The summed E-state index contributed by atoms with van der Waals surface area (Å²) in [4.78, 5) is 0. The number of nitrogens with zero attached hydrogens (tertiary/aromatic N) is 1. The van der Waals surface area contributed by atoms with Gasteiger partial charge in [0.1, 0.15) is 6.04 Å². The van der Waals surface area contributed by atoms with E-state index in [1.807, 2.05) is 0 Å². The molecule has 0 bridgehead atoms. The molecule has 2 N–H and O–H groups in total. The van der Waals surface area contributed by atoms with Gasteiger partial charge < -0.3 is 5.32 Å². The first kappa shape index (κ1) is 7.08. The second-order valence-corrected chi connectivity index (χ2v) is 3.59. The lowest BCUT2D eigenvalue weighted by Crippen LogP contribution is -2.66. The first-order chi connectivity index (χ1) is 5.35. The van der Waals surface area contributed by atoms with Crippen molar-refractivity contribution in [2.24, 2.45) is 0 Å². The fourth-order valence-corrected chi connectivity index (χ4v) is 1.93. The number of hydrogen-bond acceptors (Lipinski definition) is 3. The number of nitriles is 1. The van der Waals surface area contributed by atoms with Crippen molar-refractivity contribution >= 4 is 0 Å². The van der Waals surface area contributed by atoms with Gasteiger partial charge in [-0.15, -0.1) is 0 Å². The van der Waals surface area contributed by atoms with Gasteiger partial charge in [-0.05, 0) is 19.3 Å². The molecule has 3 nitrogen and oxygen atoms in total. The molecule has 1 aliphatic carbocycles. The second-order valence-electron chi connectivity index (χ2n) is 3.59. The van der Waals surface area contributed by atoms with Gasteiger partial charge in [-0.1, -0.05) is 0 Å². The number of hydrogen-bond donors (Lipinski definition) is 2. The summed E-state index contributed by atoms with van der Waals surface area (Å²) in [6.07, 6.45) is 3.78. The second kappa shape index (κ2) is 2.47. The van der Waals surface area contributed by atoms with Crippen LogP contribution in [0.4, 0.5) is 0 Å². The maximum atomic E-state index is 8.69. The lowest BCUT2D eigenvalue weighted by molar-refractivity contribution is 0.142. The molecule has 1 saturated carbocycles. The van der Waals surface area contributed by atoms with Crippen LogP contribution in [0.5, 0.6) is 0 Å². The Kier molecular flexibility index (Phi) is 1.59. The molecular weight excluding hydrogens is 138 g/mol. The molecule has 1 atom stereocenters. The lowest BCUT2D eigenvalue weighted by Gasteiger charge is -2.47. The summed E-state index contributed by atoms with van der Waals surface area (Å²) in [6.45, 7) is 1.85. The Hall–Kier alpha value is -0.590. The van der Waals surface area contributed by atoms with Crippen LogP contribution in [0.15, 0.2) is 0 Å². The van der Waals surface area contributed by atoms with E-state index >= 15 is 0 Å². The number of nitrogens with one attached hydrogen (secondary N) is 2. The van der Waals surface area contributed by atoms with Crippen LogP contribution >= 0.6 is 0 Å². The molecule has 0 radical (unpaired) electrons. The van der Waals surface area contributed by atoms with Gasteiger partial charge >= 0.3 is 0 Å². The highest BCUT2D eigenvalue weighted by Crippen LogP contribution is 2.32. The monoisotopic (exact) mass is 151 g/mol. The third-order valence-corrected chi connectivity index (χ3v) is 2.76. The molecule has 0 aromatic heterocycles. The molecule has 1 saturated heterocycles. The average Bonchev–Trinajstić information content (AvgIpc) is 2.02. The molecule has 1 spiro atoms. The van der Waals surface area contributed by atoms with Crippen molar-refractivity contribution in [3.05, 3.63) is 0 Å². The van der Waals surface area contributed by atoms with Gasteiger partial charge in [0.2, 0.25) is 0 Å². The van der Waals surface area contributed by atoms with Gasteiger partial charge in [0.05, 0.1) is 6.07 Å². The maximum absolute atomic E-state index is 8.69. The Balaban J connectivity index is 1.98. The quantitative estimate of drug-likeness (QED) is 0.512. The molecule has 11 heavy (non-hydrogen) atoms. The van der Waals surface area contributed by atoms with Crippen LogP contribution in [-0.2, 0) is 0 Å². The topological polar surface area (TPSA) is 47.9 Å². The minimum absolute atomic E-state index is 0.0315. The van der Waals surface area contributed by atoms with Gasteiger partial charge in [-0.2, -0.15) is 5.26 Å². The van der Waals surface area contributed by atoms with Crippen LogP contribution in [-0.4, -0.2) is 24.7 Å². The molecule has 60 valence electrons. The Morgan fingerprint density at radius 1 is 1.45 bits per heavy atom. The number of rotatable bonds is 0. The molecule has 2 aliphatic rings. The first-order valence-corrected chi connectivity index (χ1v) is 4.23. The van der Waals surface area contributed by atoms with E-state index in [2.05, 4.69) is 16.7 Å². The zero-order valence-corrected chi connectivity index (χ0v) is 6.56. The summed E-state index contributed by atoms with van der Waals surface area (Å²) >= 11 is 0. The Morgan fingerprint density at radius 3 is 2.82 bits per heavy atom. The van der Waals surface area contributed by atoms with Crippen molar-refractivity contribution in [2.45, 2.75) is 30.8 Å². The van der Waals surface area contributed by atoms with Crippen molar-refractivity contribution in [3.8, 4) is 6.07 Å². The van der Waals surface area contributed by atoms with E-state index < -0.39 is 0 Å². The van der Waals surface area contributed by atoms with Gasteiger partial charge in [0.25, 0.3) is 0 Å². The van der Waals surface area contributed by atoms with E-state index in [-0.39, 0.29) is 6.04 Å². The first-order valence-electron chi connectivity index (χ1n) is 4.23. The van der Waals surface area contributed by atoms with Crippen molar-refractivity contribution < 1.29 is 0 Å². The van der Waals surface area contributed by atoms with E-state index in [4.69, 9.17) is 5.26 Å². The molecule has 3 heteroatoms. The highest BCUT2D eigenvalue weighted by atomic mass is 15.1. The van der Waals surface area contributed by atoms with Gasteiger partial charge in [-0.25, -0.2) is 0 Å². The molecule has 2 fully saturated rings. The lowest BCUT2D eigenvalue weighted by atomic mass is 9.75. The largest absolute Gasteiger partial charge is 0.312 e. The number of piperazine rings is 1. The third-order valence-electron chi connectivity index (χ3n) is 2.76. The fraction of sp³-hybridized carbons (Fsp3) is 0.875. The van der Waals surface area contributed by atoms with Gasteiger partial charge in [0, 0.05) is 18.6 Å². The summed E-state index contributed by atoms with van der Waals surface area (Å²) in [5, 5.41) is 15.4. The molecule has 0 aromatic carbocycles. The fourth-order valence-electron chi connectivity index (χ4n) is 1.93. The summed E-state index contributed by atoms with van der Waals surface area (Å²) in [5.41, 5.74) is 0.290. The zero-order chi connectivity index (χ0) is 7.73. The smallest absolute Gasteiger partial charge is 0.108 e. The molecule has 1 unspecified atom stereocenters. The highest BCUT2D eigenvalue weighted by molar-refractivity contribution is 5.08. The molecule has 0 amide bonds. The average molecular weight is 151 g/mol. The van der Waals surface area contributed by atoms with E-state index in [1.54, 1.807) is 0 Å². The Labute approximate surface area is 66.8 Å². The molecule has 2 rings (SSSR count). The molecule has 0 aromatic rings. The zero-order valence-electron chi connectivity index (χ0n) is 6.56. The predicted molar refractivity (Wildman–Crippen MR) is 42.0 cm³/mol.